The van der Waals surface area contributed by atoms with Gasteiger partial charge in [-0.05, 0) is 122 Å². The Bertz CT molecular complexity index is 1750. The number of esters is 3. The highest BCUT2D eigenvalue weighted by molar-refractivity contribution is 5.71. The first kappa shape index (κ1) is 75.3. The summed E-state index contributed by atoms with van der Waals surface area (Å²) in [6.45, 7) is 6.36. The summed E-state index contributed by atoms with van der Waals surface area (Å²) in [5, 5.41) is 0. The number of hydrogen-bond acceptors (Lipinski definition) is 6. The molecule has 0 amide bonds. The first-order chi connectivity index (χ1) is 39.5. The minimum Gasteiger partial charge on any atom is -0.462 e. The van der Waals surface area contributed by atoms with Crippen LogP contribution in [0.15, 0.2) is 146 Å². The molecule has 0 aliphatic heterocycles. The largest absolute Gasteiger partial charge is 0.462 e. The van der Waals surface area contributed by atoms with Crippen molar-refractivity contribution in [2.75, 3.05) is 13.2 Å². The van der Waals surface area contributed by atoms with Crippen molar-refractivity contribution in [2.24, 2.45) is 0 Å². The van der Waals surface area contributed by atoms with Gasteiger partial charge in [0.1, 0.15) is 13.2 Å². The van der Waals surface area contributed by atoms with E-state index in [0.29, 0.717) is 12.8 Å². The van der Waals surface area contributed by atoms with Crippen LogP contribution < -0.4 is 0 Å². The van der Waals surface area contributed by atoms with E-state index in [9.17, 15) is 14.4 Å². The highest BCUT2D eigenvalue weighted by atomic mass is 16.6. The summed E-state index contributed by atoms with van der Waals surface area (Å²) in [5.74, 6) is -0.932. The molecule has 6 heteroatoms. The number of hydrogen-bond donors (Lipinski definition) is 0. The molecule has 1 unspecified atom stereocenters. The lowest BCUT2D eigenvalue weighted by Gasteiger charge is -2.18. The van der Waals surface area contributed by atoms with Gasteiger partial charge in [-0.2, -0.15) is 0 Å². The molecule has 0 aromatic rings. The van der Waals surface area contributed by atoms with Crippen molar-refractivity contribution in [1.82, 2.24) is 0 Å². The molecule has 0 saturated heterocycles. The molecule has 80 heavy (non-hydrogen) atoms. The third kappa shape index (κ3) is 64.1. The number of carbonyl (C=O) groups is 3. The highest BCUT2D eigenvalue weighted by Crippen LogP contribution is 2.16. The summed E-state index contributed by atoms with van der Waals surface area (Å²) in [7, 11) is 0. The number of carbonyl (C=O) groups excluding carboxylic acids is 3. The zero-order valence-electron chi connectivity index (χ0n) is 51.8. The SMILES string of the molecule is CC/C=C\C/C=C\C/C=C\C/C=C\C/C=C\C/C=C\C/C=C\CCCCCC(=O)OC(COC(=O)CCCCCCCCCC)COC(=O)CCCCCCCCCCCCCCC/C=C\C/C=C\C/C=C\C/C=C\C/C=C\CC. The average Bonchev–Trinajstić information content (AvgIpc) is 3.46. The monoisotopic (exact) mass is 1100 g/mol. The molecule has 0 fully saturated rings. The molecular formula is C74H120O6. The number of rotatable bonds is 58. The van der Waals surface area contributed by atoms with E-state index < -0.39 is 6.10 Å². The number of ether oxygens (including phenoxy) is 3. The van der Waals surface area contributed by atoms with Crippen LogP contribution in [0.5, 0.6) is 0 Å². The molecule has 0 saturated carbocycles. The van der Waals surface area contributed by atoms with E-state index in [0.717, 1.165) is 141 Å². The van der Waals surface area contributed by atoms with E-state index in [-0.39, 0.29) is 37.5 Å². The summed E-state index contributed by atoms with van der Waals surface area (Å²) >= 11 is 0. The van der Waals surface area contributed by atoms with Gasteiger partial charge in [0.25, 0.3) is 0 Å². The van der Waals surface area contributed by atoms with Gasteiger partial charge in [0.05, 0.1) is 0 Å². The number of allylic oxidation sites excluding steroid dienone is 24. The molecule has 0 radical (unpaired) electrons. The first-order valence-corrected chi connectivity index (χ1v) is 32.8. The van der Waals surface area contributed by atoms with E-state index in [1.54, 1.807) is 0 Å². The molecule has 6 nitrogen and oxygen atoms in total. The van der Waals surface area contributed by atoms with Gasteiger partial charge in [-0.25, -0.2) is 0 Å². The van der Waals surface area contributed by atoms with Crippen LogP contribution in [0.25, 0.3) is 0 Å². The number of unbranched alkanes of at least 4 members (excludes halogenated alkanes) is 23. The van der Waals surface area contributed by atoms with Crippen LogP contribution in [0.3, 0.4) is 0 Å². The van der Waals surface area contributed by atoms with Crippen LogP contribution in [-0.2, 0) is 28.6 Å². The van der Waals surface area contributed by atoms with E-state index in [2.05, 4.69) is 167 Å². The predicted octanol–water partition coefficient (Wildman–Crippen LogP) is 22.7. The molecule has 0 bridgehead atoms. The Morgan fingerprint density at radius 1 is 0.263 bits per heavy atom. The van der Waals surface area contributed by atoms with E-state index in [4.69, 9.17) is 14.2 Å². The van der Waals surface area contributed by atoms with Gasteiger partial charge < -0.3 is 14.2 Å². The van der Waals surface area contributed by atoms with Crippen molar-refractivity contribution in [2.45, 2.75) is 290 Å². The quantitative estimate of drug-likeness (QED) is 0.0261. The minimum absolute atomic E-state index is 0.0944. The molecule has 1 atom stereocenters. The summed E-state index contributed by atoms with van der Waals surface area (Å²) in [5.41, 5.74) is 0. The second-order valence-corrected chi connectivity index (χ2v) is 21.3. The van der Waals surface area contributed by atoms with Crippen molar-refractivity contribution < 1.29 is 28.6 Å². The molecule has 0 N–H and O–H groups in total. The third-order valence-corrected chi connectivity index (χ3v) is 13.6. The lowest BCUT2D eigenvalue weighted by Crippen LogP contribution is -2.30. The Labute approximate surface area is 493 Å². The summed E-state index contributed by atoms with van der Waals surface area (Å²) in [6.07, 6.45) is 95.9. The molecule has 452 valence electrons. The fourth-order valence-electron chi connectivity index (χ4n) is 8.74. The Morgan fingerprint density at radius 3 is 0.775 bits per heavy atom. The highest BCUT2D eigenvalue weighted by Gasteiger charge is 2.19. The van der Waals surface area contributed by atoms with Crippen LogP contribution >= 0.6 is 0 Å². The van der Waals surface area contributed by atoms with Crippen molar-refractivity contribution >= 4 is 17.9 Å². The van der Waals surface area contributed by atoms with Crippen LogP contribution in [0.4, 0.5) is 0 Å². The van der Waals surface area contributed by atoms with Crippen LogP contribution in [0.2, 0.25) is 0 Å². The van der Waals surface area contributed by atoms with Gasteiger partial charge in [0, 0.05) is 19.3 Å². The molecule has 0 aliphatic rings. The van der Waals surface area contributed by atoms with Crippen LogP contribution in [0.1, 0.15) is 284 Å². The maximum atomic E-state index is 12.9. The zero-order chi connectivity index (χ0) is 57.8. The fourth-order valence-corrected chi connectivity index (χ4v) is 8.74. The van der Waals surface area contributed by atoms with Crippen LogP contribution in [-0.4, -0.2) is 37.2 Å². The normalized spacial score (nSPS) is 13.1. The van der Waals surface area contributed by atoms with Gasteiger partial charge in [0.2, 0.25) is 0 Å². The lowest BCUT2D eigenvalue weighted by molar-refractivity contribution is -0.167. The fraction of sp³-hybridized carbons (Fsp3) is 0.635. The summed E-state index contributed by atoms with van der Waals surface area (Å²) < 4.78 is 16.8. The van der Waals surface area contributed by atoms with Crippen molar-refractivity contribution in [3.8, 4) is 0 Å². The topological polar surface area (TPSA) is 78.9 Å². The average molecular weight is 1110 g/mol. The molecular weight excluding hydrogens is 985 g/mol. The molecule has 0 aromatic heterocycles. The molecule has 0 spiro atoms. The van der Waals surface area contributed by atoms with Crippen molar-refractivity contribution in [1.29, 1.82) is 0 Å². The van der Waals surface area contributed by atoms with E-state index >= 15 is 0 Å². The molecule has 0 aliphatic carbocycles. The Morgan fingerprint density at radius 2 is 0.487 bits per heavy atom. The van der Waals surface area contributed by atoms with Gasteiger partial charge in [0.15, 0.2) is 6.10 Å². The maximum Gasteiger partial charge on any atom is 0.306 e. The van der Waals surface area contributed by atoms with Gasteiger partial charge in [-0.1, -0.05) is 289 Å². The summed E-state index contributed by atoms with van der Waals surface area (Å²) in [6, 6.07) is 0. The lowest BCUT2D eigenvalue weighted by atomic mass is 10.0. The zero-order valence-corrected chi connectivity index (χ0v) is 51.8. The molecule has 0 aromatic carbocycles. The summed E-state index contributed by atoms with van der Waals surface area (Å²) in [4.78, 5) is 38.2. The third-order valence-electron chi connectivity index (χ3n) is 13.6. The Hall–Kier alpha value is -4.71. The van der Waals surface area contributed by atoms with Crippen molar-refractivity contribution in [3.63, 3.8) is 0 Å². The first-order valence-electron chi connectivity index (χ1n) is 32.8. The van der Waals surface area contributed by atoms with E-state index in [1.807, 2.05) is 0 Å². The second kappa shape index (κ2) is 66.8. The van der Waals surface area contributed by atoms with Crippen molar-refractivity contribution in [3.05, 3.63) is 146 Å². The molecule has 0 heterocycles. The maximum absolute atomic E-state index is 12.9. The Kier molecular flexibility index (Phi) is 62.9. The standard InChI is InChI=1S/C74H120O6/c1-4-7-10-13-16-19-21-23-25-27-29-31-33-35-36-37-38-40-41-43-45-47-49-51-53-55-58-61-64-67-73(76)79-70-71(69-78-72(75)66-63-60-57-18-15-12-9-6-3)80-74(77)68-65-62-59-56-54-52-50-48-46-44-42-39-34-32-30-28-26-24-22-20-17-14-11-8-5-2/h7-8,10-11,16-17,19-20,23-26,29-32,35-36,39,42,46,48,52,54,71H,4-6,9,12-15,18,21-22,27-28,33-34,37-38,40-41,43-45,47,49-51,53,55-70H2,1-3H3/b10-7-,11-8-,19-16-,20-17-,25-23-,26-24-,31-29-,32-30-,36-35-,42-39-,48-46-,54-52-. The van der Waals surface area contributed by atoms with Crippen LogP contribution in [0, 0.1) is 0 Å². The minimum atomic E-state index is -0.800. The Balaban J connectivity index is 4.24. The van der Waals surface area contributed by atoms with Gasteiger partial charge in [-0.15, -0.1) is 0 Å². The van der Waals surface area contributed by atoms with E-state index in [1.165, 1.54) is 103 Å². The second-order valence-electron chi connectivity index (χ2n) is 21.3. The molecule has 0 rings (SSSR count). The predicted molar refractivity (Wildman–Crippen MR) is 348 cm³/mol. The smallest absolute Gasteiger partial charge is 0.306 e. The van der Waals surface area contributed by atoms with Gasteiger partial charge in [-0.3, -0.25) is 14.4 Å². The van der Waals surface area contributed by atoms with Gasteiger partial charge >= 0.3 is 17.9 Å².